The first kappa shape index (κ1) is 21.9. The van der Waals surface area contributed by atoms with Gasteiger partial charge in [0.15, 0.2) is 0 Å². The molecule has 8 nitrogen and oxygen atoms in total. The molecule has 0 bridgehead atoms. The second-order valence-electron chi connectivity index (χ2n) is 6.96. The molecule has 3 N–H and O–H groups in total. The molecule has 152 valence electrons. The Morgan fingerprint density at radius 1 is 1.14 bits per heavy atom. The molecule has 0 saturated carbocycles. The van der Waals surface area contributed by atoms with Gasteiger partial charge in [0, 0.05) is 17.8 Å². The fourth-order valence-electron chi connectivity index (χ4n) is 2.21. The van der Waals surface area contributed by atoms with Crippen molar-refractivity contribution in [3.63, 3.8) is 0 Å². The normalized spacial score (nSPS) is 11.6. The lowest BCUT2D eigenvalue weighted by Crippen LogP contribution is -2.15. The number of carbonyl (C=O) groups excluding carboxylic acids is 1. The Morgan fingerprint density at radius 2 is 1.82 bits per heavy atom. The van der Waals surface area contributed by atoms with E-state index in [9.17, 15) is 9.36 Å². The maximum Gasteiger partial charge on any atom is 0.357 e. The molecular weight excluding hydrogens is 383 g/mol. The van der Waals surface area contributed by atoms with Gasteiger partial charge in [0.05, 0.1) is 18.0 Å². The van der Waals surface area contributed by atoms with Crippen molar-refractivity contribution in [3.05, 3.63) is 42.1 Å². The average Bonchev–Trinajstić information content (AvgIpc) is 2.59. The Kier molecular flexibility index (Phi) is 7.18. The number of nitrogens with zero attached hydrogens (tertiary/aromatic N) is 1. The van der Waals surface area contributed by atoms with Crippen molar-refractivity contribution < 1.29 is 28.6 Å². The number of rotatable bonds is 8. The number of amides is 1. The number of pyridine rings is 1. The monoisotopic (exact) mass is 408 g/mol. The lowest BCUT2D eigenvalue weighted by Gasteiger charge is -2.15. The van der Waals surface area contributed by atoms with Gasteiger partial charge >= 0.3 is 7.60 Å². The van der Waals surface area contributed by atoms with E-state index in [1.165, 1.54) is 12.1 Å². The number of anilines is 1. The van der Waals surface area contributed by atoms with E-state index >= 15 is 0 Å². The van der Waals surface area contributed by atoms with Crippen LogP contribution < -0.4 is 20.1 Å². The fraction of sp³-hybridized carbons (Fsp3) is 0.368. The minimum Gasteiger partial charge on any atom is -0.493 e. The second-order valence-corrected chi connectivity index (χ2v) is 8.57. The van der Waals surface area contributed by atoms with Gasteiger partial charge in [-0.2, -0.15) is 0 Å². The third-order valence-electron chi connectivity index (χ3n) is 3.42. The first-order valence-corrected chi connectivity index (χ1v) is 10.4. The van der Waals surface area contributed by atoms with Gasteiger partial charge in [-0.15, -0.1) is 0 Å². The highest BCUT2D eigenvalue weighted by atomic mass is 31.2. The van der Waals surface area contributed by atoms with Gasteiger partial charge in [-0.05, 0) is 44.0 Å². The van der Waals surface area contributed by atoms with Crippen molar-refractivity contribution in [3.8, 4) is 11.5 Å². The average molecular weight is 408 g/mol. The maximum atomic E-state index is 12.6. The third kappa shape index (κ3) is 6.64. The van der Waals surface area contributed by atoms with Crippen LogP contribution in [0.5, 0.6) is 11.5 Å². The molecule has 9 heteroatoms. The van der Waals surface area contributed by atoms with Crippen LogP contribution in [0, 0.1) is 5.92 Å². The van der Waals surface area contributed by atoms with Crippen LogP contribution in [0.25, 0.3) is 0 Å². The smallest absolute Gasteiger partial charge is 0.357 e. The maximum absolute atomic E-state index is 12.6. The summed E-state index contributed by atoms with van der Waals surface area (Å²) in [5.41, 5.74) is 0.317. The molecular formula is C19H25N2O6P. The number of aromatic nitrogens is 1. The highest BCUT2D eigenvalue weighted by molar-refractivity contribution is 7.60. The quantitative estimate of drug-likeness (QED) is 0.575. The molecule has 1 amide bonds. The van der Waals surface area contributed by atoms with Gasteiger partial charge in [-0.25, -0.2) is 4.98 Å². The summed E-state index contributed by atoms with van der Waals surface area (Å²) in [6.07, 6.45) is 0.962. The molecule has 0 aliphatic rings. The van der Waals surface area contributed by atoms with Crippen LogP contribution in [0.3, 0.4) is 0 Å². The number of hydrogen-bond acceptors (Lipinski definition) is 5. The van der Waals surface area contributed by atoms with Crippen molar-refractivity contribution in [1.29, 1.82) is 0 Å². The summed E-state index contributed by atoms with van der Waals surface area (Å²) >= 11 is 0. The molecule has 1 aromatic carbocycles. The van der Waals surface area contributed by atoms with E-state index in [1.54, 1.807) is 18.2 Å². The minimum atomic E-state index is -4.38. The standard InChI is InChI=1S/C19H25N2O6P/c1-12(2)11-26-15-7-14(8-16(9-15)27-13(3)4)19(22)21-18-6-5-17(10-20-18)28(23,24)25/h5-10,12-13H,11H2,1-4H3,(H,20,21,22)(H2,23,24,25). The highest BCUT2D eigenvalue weighted by Crippen LogP contribution is 2.32. The zero-order valence-electron chi connectivity index (χ0n) is 16.2. The van der Waals surface area contributed by atoms with Crippen LogP contribution in [-0.4, -0.2) is 33.4 Å². The zero-order valence-corrected chi connectivity index (χ0v) is 17.1. The topological polar surface area (TPSA) is 118 Å². The summed E-state index contributed by atoms with van der Waals surface area (Å²) in [6, 6.07) is 7.48. The number of ether oxygens (including phenoxy) is 2. The van der Waals surface area contributed by atoms with Gasteiger partial charge in [0.2, 0.25) is 0 Å². The Hall–Kier alpha value is -2.41. The van der Waals surface area contributed by atoms with Gasteiger partial charge in [-0.3, -0.25) is 9.36 Å². The van der Waals surface area contributed by atoms with Gasteiger partial charge in [-0.1, -0.05) is 13.8 Å². The number of hydrogen-bond donors (Lipinski definition) is 3. The largest absolute Gasteiger partial charge is 0.493 e. The van der Waals surface area contributed by atoms with Crippen LogP contribution in [0.4, 0.5) is 5.82 Å². The van der Waals surface area contributed by atoms with E-state index in [0.717, 1.165) is 6.20 Å². The highest BCUT2D eigenvalue weighted by Gasteiger charge is 2.18. The number of benzene rings is 1. The molecule has 0 atom stereocenters. The molecule has 0 aliphatic heterocycles. The van der Waals surface area contributed by atoms with E-state index in [4.69, 9.17) is 19.3 Å². The summed E-state index contributed by atoms with van der Waals surface area (Å²) in [7, 11) is -4.38. The zero-order chi connectivity index (χ0) is 20.9. The summed E-state index contributed by atoms with van der Waals surface area (Å²) in [4.78, 5) is 34.7. The van der Waals surface area contributed by atoms with Crippen LogP contribution >= 0.6 is 7.60 Å². The van der Waals surface area contributed by atoms with E-state index in [0.29, 0.717) is 29.6 Å². The van der Waals surface area contributed by atoms with Crippen molar-refractivity contribution in [2.75, 3.05) is 11.9 Å². The predicted molar refractivity (Wildman–Crippen MR) is 106 cm³/mol. The Labute approximate surface area is 164 Å². The molecule has 0 unspecified atom stereocenters. The van der Waals surface area contributed by atoms with E-state index in [2.05, 4.69) is 10.3 Å². The van der Waals surface area contributed by atoms with Gasteiger partial charge in [0.25, 0.3) is 5.91 Å². The molecule has 0 aliphatic carbocycles. The molecule has 0 spiro atoms. The number of nitrogens with one attached hydrogen (secondary N) is 1. The molecule has 1 heterocycles. The molecule has 0 radical (unpaired) electrons. The minimum absolute atomic E-state index is 0.0712. The van der Waals surface area contributed by atoms with Gasteiger partial charge in [0.1, 0.15) is 17.3 Å². The SMILES string of the molecule is CC(C)COc1cc(OC(C)C)cc(C(=O)Nc2ccc(P(=O)(O)O)cn2)c1. The molecule has 0 saturated heterocycles. The molecule has 1 aromatic heterocycles. The van der Waals surface area contributed by atoms with Crippen LogP contribution in [0.15, 0.2) is 36.5 Å². The van der Waals surface area contributed by atoms with E-state index in [-0.39, 0.29) is 17.2 Å². The first-order valence-electron chi connectivity index (χ1n) is 8.82. The summed E-state index contributed by atoms with van der Waals surface area (Å²) in [5, 5.41) is 2.38. The fourth-order valence-corrected chi connectivity index (χ4v) is 2.69. The van der Waals surface area contributed by atoms with Crippen molar-refractivity contribution in [2.45, 2.75) is 33.8 Å². The third-order valence-corrected chi connectivity index (χ3v) is 4.36. The predicted octanol–water partition coefficient (Wildman–Crippen LogP) is 2.96. The lowest BCUT2D eigenvalue weighted by atomic mass is 10.1. The number of carbonyl (C=O) groups is 1. The molecule has 28 heavy (non-hydrogen) atoms. The summed E-state index contributed by atoms with van der Waals surface area (Å²) in [6.45, 7) is 8.31. The van der Waals surface area contributed by atoms with Crippen LogP contribution in [0.1, 0.15) is 38.1 Å². The molecule has 2 rings (SSSR count). The Bertz CT molecular complexity index is 861. The van der Waals surface area contributed by atoms with Crippen LogP contribution in [0.2, 0.25) is 0 Å². The van der Waals surface area contributed by atoms with Crippen molar-refractivity contribution >= 4 is 24.6 Å². The Morgan fingerprint density at radius 3 is 2.36 bits per heavy atom. The van der Waals surface area contributed by atoms with Crippen molar-refractivity contribution in [2.24, 2.45) is 5.92 Å². The van der Waals surface area contributed by atoms with Crippen molar-refractivity contribution in [1.82, 2.24) is 4.98 Å². The molecule has 0 fully saturated rings. The van der Waals surface area contributed by atoms with Gasteiger partial charge < -0.3 is 24.6 Å². The van der Waals surface area contributed by atoms with E-state index in [1.807, 2.05) is 27.7 Å². The summed E-state index contributed by atoms with van der Waals surface area (Å²) in [5.74, 6) is 1.07. The second kappa shape index (κ2) is 9.19. The van der Waals surface area contributed by atoms with Crippen LogP contribution in [-0.2, 0) is 4.57 Å². The summed E-state index contributed by atoms with van der Waals surface area (Å²) < 4.78 is 22.6. The Balaban J connectivity index is 2.22. The molecule has 2 aromatic rings. The lowest BCUT2D eigenvalue weighted by molar-refractivity contribution is 0.102. The van der Waals surface area contributed by atoms with E-state index < -0.39 is 13.5 Å². The first-order chi connectivity index (χ1) is 13.0.